The van der Waals surface area contributed by atoms with Gasteiger partial charge in [0.05, 0.1) is 0 Å². The van der Waals surface area contributed by atoms with Gasteiger partial charge in [-0.3, -0.25) is 9.89 Å². The van der Waals surface area contributed by atoms with Crippen LogP contribution in [-0.4, -0.2) is 16.1 Å². The molecule has 0 atom stereocenters. The number of hydrogen-bond donors (Lipinski definition) is 2. The van der Waals surface area contributed by atoms with Crippen molar-refractivity contribution in [3.05, 3.63) is 35.5 Å². The molecule has 88 valence electrons. The number of aromatic amines is 1. The van der Waals surface area contributed by atoms with Gasteiger partial charge in [-0.1, -0.05) is 12.1 Å². The number of rotatable bonds is 1. The van der Waals surface area contributed by atoms with Gasteiger partial charge >= 0.3 is 0 Å². The number of carbonyl (C=O) groups excluding carboxylic acids is 1. The molecular weight excluding hydrogens is 242 g/mol. The highest BCUT2D eigenvalue weighted by Crippen LogP contribution is 2.36. The summed E-state index contributed by atoms with van der Waals surface area (Å²) in [6, 6.07) is 7.57. The zero-order chi connectivity index (χ0) is 11.1. The van der Waals surface area contributed by atoms with Crippen LogP contribution < -0.4 is 10.5 Å². The van der Waals surface area contributed by atoms with Crippen LogP contribution in [0.25, 0.3) is 11.3 Å². The van der Waals surface area contributed by atoms with E-state index < -0.39 is 5.91 Å². The van der Waals surface area contributed by atoms with Crippen molar-refractivity contribution in [1.29, 1.82) is 0 Å². The van der Waals surface area contributed by atoms with E-state index in [9.17, 15) is 4.79 Å². The van der Waals surface area contributed by atoms with Crippen molar-refractivity contribution in [2.75, 3.05) is 0 Å². The monoisotopic (exact) mass is 251 g/mol. The Morgan fingerprint density at radius 2 is 2.18 bits per heavy atom. The Hall–Kier alpha value is -2.01. The maximum atomic E-state index is 11.1. The number of H-pyrrole nitrogens is 1. The molecule has 0 bridgehead atoms. The van der Waals surface area contributed by atoms with E-state index in [2.05, 4.69) is 10.2 Å². The van der Waals surface area contributed by atoms with Crippen molar-refractivity contribution < 1.29 is 9.53 Å². The lowest BCUT2D eigenvalue weighted by Crippen LogP contribution is -2.15. The number of ether oxygens (including phenoxy) is 1. The minimum Gasteiger partial charge on any atom is -0.488 e. The number of primary amides is 1. The Morgan fingerprint density at radius 1 is 1.41 bits per heavy atom. The molecular formula is C11H10ClN3O2. The Morgan fingerprint density at radius 3 is 2.94 bits per heavy atom. The van der Waals surface area contributed by atoms with Crippen LogP contribution in [0.1, 0.15) is 16.1 Å². The van der Waals surface area contributed by atoms with Gasteiger partial charge in [-0.2, -0.15) is 5.10 Å². The summed E-state index contributed by atoms with van der Waals surface area (Å²) < 4.78 is 5.53. The molecule has 5 nitrogen and oxygen atoms in total. The molecule has 0 aliphatic carbocycles. The first-order valence-corrected chi connectivity index (χ1v) is 4.86. The molecule has 17 heavy (non-hydrogen) atoms. The van der Waals surface area contributed by atoms with Crippen molar-refractivity contribution in [2.24, 2.45) is 5.73 Å². The number of amides is 1. The third-order valence-electron chi connectivity index (χ3n) is 2.63. The van der Waals surface area contributed by atoms with Crippen LogP contribution in [0.3, 0.4) is 0 Å². The van der Waals surface area contributed by atoms with E-state index in [1.54, 1.807) is 0 Å². The fourth-order valence-electron chi connectivity index (χ4n) is 1.87. The molecule has 1 aromatic heterocycles. The van der Waals surface area contributed by atoms with Crippen molar-refractivity contribution >= 4 is 18.3 Å². The fourth-order valence-corrected chi connectivity index (χ4v) is 1.87. The van der Waals surface area contributed by atoms with Gasteiger partial charge in [0.1, 0.15) is 23.7 Å². The predicted molar refractivity (Wildman–Crippen MR) is 64.1 cm³/mol. The van der Waals surface area contributed by atoms with Gasteiger partial charge in [-0.05, 0) is 12.1 Å². The molecule has 0 spiro atoms. The third kappa shape index (κ3) is 1.64. The largest absolute Gasteiger partial charge is 0.488 e. The van der Waals surface area contributed by atoms with E-state index >= 15 is 0 Å². The highest BCUT2D eigenvalue weighted by Gasteiger charge is 2.24. The first-order valence-electron chi connectivity index (χ1n) is 4.86. The molecule has 3 N–H and O–H groups in total. The predicted octanol–water partition coefficient (Wildman–Crippen LogP) is 1.49. The Bertz CT molecular complexity index is 580. The second-order valence-electron chi connectivity index (χ2n) is 3.57. The van der Waals surface area contributed by atoms with E-state index in [0.717, 1.165) is 22.6 Å². The Balaban J connectivity index is 0.00000108. The van der Waals surface area contributed by atoms with Crippen LogP contribution in [0.2, 0.25) is 0 Å². The van der Waals surface area contributed by atoms with Crippen molar-refractivity contribution in [3.8, 4) is 17.0 Å². The van der Waals surface area contributed by atoms with E-state index in [1.807, 2.05) is 24.3 Å². The second-order valence-corrected chi connectivity index (χ2v) is 3.57. The van der Waals surface area contributed by atoms with Gasteiger partial charge in [-0.15, -0.1) is 12.4 Å². The summed E-state index contributed by atoms with van der Waals surface area (Å²) in [5.41, 5.74) is 7.92. The van der Waals surface area contributed by atoms with Gasteiger partial charge in [0, 0.05) is 11.1 Å². The summed E-state index contributed by atoms with van der Waals surface area (Å²) in [5.74, 6) is 0.259. The first kappa shape index (κ1) is 11.5. The molecule has 0 saturated heterocycles. The normalized spacial score (nSPS) is 11.8. The number of para-hydroxylation sites is 1. The Labute approximate surface area is 103 Å². The summed E-state index contributed by atoms with van der Waals surface area (Å²) in [4.78, 5) is 11.1. The van der Waals surface area contributed by atoms with Gasteiger partial charge in [0.25, 0.3) is 5.91 Å². The lowest BCUT2D eigenvalue weighted by Gasteiger charge is -2.16. The number of fused-ring (bicyclic) bond motifs is 3. The van der Waals surface area contributed by atoms with Crippen molar-refractivity contribution in [3.63, 3.8) is 0 Å². The Kier molecular flexibility index (Phi) is 2.77. The van der Waals surface area contributed by atoms with Crippen LogP contribution in [-0.2, 0) is 6.61 Å². The first-order chi connectivity index (χ1) is 7.77. The molecule has 0 saturated carbocycles. The third-order valence-corrected chi connectivity index (χ3v) is 2.63. The number of hydrogen-bond acceptors (Lipinski definition) is 3. The van der Waals surface area contributed by atoms with Crippen LogP contribution in [0, 0.1) is 0 Å². The molecule has 2 aromatic rings. The zero-order valence-electron chi connectivity index (χ0n) is 8.77. The van der Waals surface area contributed by atoms with Crippen LogP contribution in [0.4, 0.5) is 0 Å². The molecule has 1 aliphatic rings. The topological polar surface area (TPSA) is 81.0 Å². The maximum absolute atomic E-state index is 11.1. The number of nitrogens with zero attached hydrogens (tertiary/aromatic N) is 1. The molecule has 0 fully saturated rings. The summed E-state index contributed by atoms with van der Waals surface area (Å²) in [7, 11) is 0. The number of nitrogens with one attached hydrogen (secondary N) is 1. The molecule has 1 aliphatic heterocycles. The van der Waals surface area contributed by atoms with Crippen LogP contribution >= 0.6 is 12.4 Å². The van der Waals surface area contributed by atoms with Crippen LogP contribution in [0.15, 0.2) is 24.3 Å². The van der Waals surface area contributed by atoms with Gasteiger partial charge in [0.2, 0.25) is 0 Å². The van der Waals surface area contributed by atoms with Crippen molar-refractivity contribution in [2.45, 2.75) is 6.61 Å². The standard InChI is InChI=1S/C11H9N3O2.ClH/c12-11(15)10-7-5-16-8-4-2-1-3-6(8)9(7)13-14-10;/h1-4H,5H2,(H2,12,15)(H,13,14);1H. The van der Waals surface area contributed by atoms with E-state index in [1.165, 1.54) is 0 Å². The fraction of sp³-hybridized carbons (Fsp3) is 0.0909. The highest BCUT2D eigenvalue weighted by molar-refractivity contribution is 5.94. The van der Waals surface area contributed by atoms with Gasteiger partial charge in [0.15, 0.2) is 0 Å². The SMILES string of the molecule is Cl.NC(=O)c1[nH]nc2c1COc1ccccc1-2. The number of carbonyl (C=O) groups is 1. The molecule has 1 amide bonds. The summed E-state index contributed by atoms with van der Waals surface area (Å²) in [6.07, 6.45) is 0. The number of nitrogens with two attached hydrogens (primary N) is 1. The minimum absolute atomic E-state index is 0. The smallest absolute Gasteiger partial charge is 0.267 e. The summed E-state index contributed by atoms with van der Waals surface area (Å²) >= 11 is 0. The van der Waals surface area contributed by atoms with Gasteiger partial charge in [-0.25, -0.2) is 0 Å². The lowest BCUT2D eigenvalue weighted by atomic mass is 10.0. The molecule has 0 unspecified atom stereocenters. The number of benzene rings is 1. The summed E-state index contributed by atoms with van der Waals surface area (Å²) in [6.45, 7) is 0.321. The quantitative estimate of drug-likeness (QED) is 0.806. The molecule has 1 aromatic carbocycles. The number of halogens is 1. The van der Waals surface area contributed by atoms with Crippen molar-refractivity contribution in [1.82, 2.24) is 10.2 Å². The zero-order valence-corrected chi connectivity index (χ0v) is 9.58. The van der Waals surface area contributed by atoms with Gasteiger partial charge < -0.3 is 10.5 Å². The minimum atomic E-state index is -0.517. The summed E-state index contributed by atoms with van der Waals surface area (Å²) in [5, 5.41) is 6.77. The van der Waals surface area contributed by atoms with E-state index in [4.69, 9.17) is 10.5 Å². The average Bonchev–Trinajstić information content (AvgIpc) is 2.73. The average molecular weight is 252 g/mol. The van der Waals surface area contributed by atoms with E-state index in [0.29, 0.717) is 12.3 Å². The maximum Gasteiger partial charge on any atom is 0.267 e. The molecule has 0 radical (unpaired) electrons. The highest BCUT2D eigenvalue weighted by atomic mass is 35.5. The van der Waals surface area contributed by atoms with Crippen LogP contribution in [0.5, 0.6) is 5.75 Å². The molecule has 6 heteroatoms. The molecule has 3 rings (SSSR count). The molecule has 2 heterocycles. The lowest BCUT2D eigenvalue weighted by molar-refractivity contribution is 0.0993. The second kappa shape index (κ2) is 4.10. The number of aromatic nitrogens is 2. The van der Waals surface area contributed by atoms with E-state index in [-0.39, 0.29) is 12.4 Å².